The fourth-order valence-corrected chi connectivity index (χ4v) is 0.408. The lowest BCUT2D eigenvalue weighted by molar-refractivity contribution is 0.438. The molecular weight excluding hydrogens is 85.0 g/mol. The number of hydrogen-bond donors (Lipinski definition) is 0. The lowest BCUT2D eigenvalue weighted by atomic mass is 11.1. The molecule has 1 aromatic heterocycles. The second-order valence-electron chi connectivity index (χ2n) is 0.588. The van der Waals surface area contributed by atoms with Crippen molar-refractivity contribution in [2.75, 3.05) is 0 Å². The molecule has 0 aliphatic carbocycles. The number of nitrogens with zero attached hydrogens (tertiary/aromatic N) is 1. The monoisotopic (exact) mass is 87.0 g/mol. The summed E-state index contributed by atoms with van der Waals surface area (Å²) in [6.07, 6.45) is 1.56. The fourth-order valence-electron chi connectivity index (χ4n) is 0.136. The predicted octanol–water partition coefficient (Wildman–Crippen LogP) is 1.25. The molecule has 0 fully saturated rings. The van der Waals surface area contributed by atoms with Crippen molar-refractivity contribution in [1.82, 2.24) is 4.92 Å². The van der Waals surface area contributed by atoms with Gasteiger partial charge in [0.15, 0.2) is 0 Å². The van der Waals surface area contributed by atoms with Crippen molar-refractivity contribution in [3.05, 3.63) is 12.1 Å². The Hall–Kier alpha value is -0.360. The Labute approximate surface area is 31.0 Å². The maximum Gasteiger partial charge on any atom is 0.128 e. The highest BCUT2D eigenvalue weighted by Gasteiger charge is 1.62. The Morgan fingerprint density at radius 1 is 1.80 bits per heavy atom. The molecule has 0 aliphatic rings. The third-order valence-electron chi connectivity index (χ3n) is 0.283. The van der Waals surface area contributed by atoms with Crippen molar-refractivity contribution in [3.8, 4) is 0 Å². The van der Waals surface area contributed by atoms with E-state index in [0.29, 0.717) is 0 Å². The average Bonchev–Trinajstić information content (AvgIpc) is 1.76. The van der Waals surface area contributed by atoms with Gasteiger partial charge in [-0.05, 0) is 0 Å². The lowest BCUT2D eigenvalue weighted by Gasteiger charge is -1.47. The van der Waals surface area contributed by atoms with E-state index in [4.69, 9.17) is 0 Å². The van der Waals surface area contributed by atoms with Gasteiger partial charge in [-0.3, -0.25) is 0 Å². The first-order chi connectivity index (χ1) is 2.50. The Morgan fingerprint density at radius 3 is 3.00 bits per heavy atom. The average molecular weight is 87.0 g/mol. The molecule has 0 radical (unpaired) electrons. The molecule has 3 heteroatoms. The molecule has 0 aliphatic heterocycles. The zero-order valence-corrected chi connectivity index (χ0v) is 3.35. The van der Waals surface area contributed by atoms with E-state index in [1.807, 2.05) is 5.80 Å². The summed E-state index contributed by atoms with van der Waals surface area (Å²) in [5.41, 5.74) is 0. The van der Waals surface area contributed by atoms with Crippen LogP contribution in [0, 0.1) is 0 Å². The quantitative estimate of drug-likeness (QED) is 0.476. The molecule has 26 valence electrons. The molecule has 0 atom stereocenters. The third kappa shape index (κ3) is 0.455. The Bertz CT molecular complexity index is 66.1. The van der Waals surface area contributed by atoms with E-state index in [-0.39, 0.29) is 0 Å². The van der Waals surface area contributed by atoms with Gasteiger partial charge < -0.3 is 4.52 Å². The van der Waals surface area contributed by atoms with Gasteiger partial charge in [0.2, 0.25) is 0 Å². The molecule has 1 heterocycles. The molecule has 0 unspecified atom stereocenters. The van der Waals surface area contributed by atoms with Crippen molar-refractivity contribution in [1.29, 1.82) is 0 Å². The standard InChI is InChI=1S/C2H2NOP/c1-2-5-3-4-1/h1-2H. The van der Waals surface area contributed by atoms with Crippen molar-refractivity contribution < 1.29 is 4.52 Å². The van der Waals surface area contributed by atoms with Crippen LogP contribution in [0.1, 0.15) is 0 Å². The predicted molar refractivity (Wildman–Crippen MR) is 19.0 cm³/mol. The van der Waals surface area contributed by atoms with Crippen LogP contribution in [0.25, 0.3) is 0 Å². The van der Waals surface area contributed by atoms with Crippen LogP contribution in [0.2, 0.25) is 0 Å². The largest absolute Gasteiger partial charge is 0.360 e. The molecule has 0 bridgehead atoms. The summed E-state index contributed by atoms with van der Waals surface area (Å²) in [5.74, 6) is 1.82. The number of hydrogen-bond acceptors (Lipinski definition) is 2. The van der Waals surface area contributed by atoms with Gasteiger partial charge >= 0.3 is 0 Å². The van der Waals surface area contributed by atoms with E-state index < -0.39 is 0 Å². The van der Waals surface area contributed by atoms with Gasteiger partial charge in [-0.15, -0.1) is 0 Å². The molecule has 1 aromatic rings. The van der Waals surface area contributed by atoms with Gasteiger partial charge in [0, 0.05) is 5.80 Å². The van der Waals surface area contributed by atoms with Crippen LogP contribution in [0.5, 0.6) is 0 Å². The van der Waals surface area contributed by atoms with E-state index in [9.17, 15) is 0 Å². The summed E-state index contributed by atoms with van der Waals surface area (Å²) in [4.78, 5) is 3.44. The molecule has 0 spiro atoms. The van der Waals surface area contributed by atoms with Crippen LogP contribution in [-0.4, -0.2) is 4.92 Å². The van der Waals surface area contributed by atoms with Gasteiger partial charge in [0.25, 0.3) is 0 Å². The molecule has 1 rings (SSSR count). The third-order valence-corrected chi connectivity index (χ3v) is 0.726. The first kappa shape index (κ1) is 2.86. The minimum absolute atomic E-state index is 0.914. The number of aromatic nitrogens is 1. The van der Waals surface area contributed by atoms with Gasteiger partial charge in [0.1, 0.15) is 6.26 Å². The van der Waals surface area contributed by atoms with Crippen LogP contribution in [0.4, 0.5) is 0 Å². The van der Waals surface area contributed by atoms with Crippen molar-refractivity contribution in [3.63, 3.8) is 0 Å². The van der Waals surface area contributed by atoms with Crippen LogP contribution in [-0.2, 0) is 0 Å². The van der Waals surface area contributed by atoms with E-state index in [2.05, 4.69) is 9.44 Å². The Balaban J connectivity index is 3.13. The Kier molecular flexibility index (Phi) is 0.673. The molecule has 0 amide bonds. The Morgan fingerprint density at radius 2 is 2.80 bits per heavy atom. The highest BCUT2D eigenvalue weighted by Crippen LogP contribution is 1.92. The second kappa shape index (κ2) is 1.18. The minimum Gasteiger partial charge on any atom is -0.360 e. The van der Waals surface area contributed by atoms with E-state index in [0.717, 1.165) is 8.35 Å². The highest BCUT2D eigenvalue weighted by atomic mass is 31.0. The molecule has 2 nitrogen and oxygen atoms in total. The molecule has 0 saturated carbocycles. The fraction of sp³-hybridized carbons (Fsp3) is 0. The highest BCUT2D eigenvalue weighted by molar-refractivity contribution is 7.24. The van der Waals surface area contributed by atoms with Crippen molar-refractivity contribution >= 4 is 8.35 Å². The summed E-state index contributed by atoms with van der Waals surface area (Å²) in [7, 11) is 0.914. The first-order valence-corrected chi connectivity index (χ1v) is 2.13. The van der Waals surface area contributed by atoms with Crippen LogP contribution < -0.4 is 0 Å². The zero-order chi connectivity index (χ0) is 3.54. The van der Waals surface area contributed by atoms with Gasteiger partial charge in [-0.1, -0.05) is 4.92 Å². The van der Waals surface area contributed by atoms with Crippen molar-refractivity contribution in [2.45, 2.75) is 0 Å². The summed E-state index contributed by atoms with van der Waals surface area (Å²) in [6.45, 7) is 0. The minimum atomic E-state index is 0.914. The van der Waals surface area contributed by atoms with E-state index in [1.165, 1.54) is 0 Å². The molecule has 5 heavy (non-hydrogen) atoms. The van der Waals surface area contributed by atoms with Crippen LogP contribution in [0.3, 0.4) is 0 Å². The van der Waals surface area contributed by atoms with Crippen molar-refractivity contribution in [2.24, 2.45) is 0 Å². The zero-order valence-electron chi connectivity index (χ0n) is 2.46. The SMILES string of the molecule is c1cpno1. The summed E-state index contributed by atoms with van der Waals surface area (Å²) < 4.78 is 4.38. The smallest absolute Gasteiger partial charge is 0.128 e. The van der Waals surface area contributed by atoms with Gasteiger partial charge in [0.05, 0.1) is 8.35 Å². The number of rotatable bonds is 0. The van der Waals surface area contributed by atoms with E-state index >= 15 is 0 Å². The molecular formula is C2H2NOP. The maximum absolute atomic E-state index is 4.38. The van der Waals surface area contributed by atoms with Gasteiger partial charge in [-0.25, -0.2) is 0 Å². The molecule has 0 aromatic carbocycles. The summed E-state index contributed by atoms with van der Waals surface area (Å²) >= 11 is 0. The van der Waals surface area contributed by atoms with Crippen LogP contribution >= 0.6 is 8.35 Å². The maximum atomic E-state index is 4.38. The molecule has 0 N–H and O–H groups in total. The topological polar surface area (TPSA) is 26.0 Å². The summed E-state index contributed by atoms with van der Waals surface area (Å²) in [6, 6.07) is 0. The lowest BCUT2D eigenvalue weighted by Crippen LogP contribution is -1.30. The summed E-state index contributed by atoms with van der Waals surface area (Å²) in [5, 5.41) is 0. The van der Waals surface area contributed by atoms with Crippen LogP contribution in [0.15, 0.2) is 16.6 Å². The molecule has 0 saturated heterocycles. The van der Waals surface area contributed by atoms with Gasteiger partial charge in [-0.2, -0.15) is 0 Å². The second-order valence-corrected chi connectivity index (χ2v) is 1.28. The van der Waals surface area contributed by atoms with E-state index in [1.54, 1.807) is 6.26 Å². The first-order valence-electron chi connectivity index (χ1n) is 1.21. The normalized spacial score (nSPS) is 9.60.